The standard InChI is InChI=1S/C23H27NO6S/c1-4-28-22(25)23(29-5-2,30-6-3)21(18-13-9-7-10-14-18)20(17-24)31(26,27)19-15-11-8-12-16-19/h7-16,20-21H,4-6H2,1-3H3/t20-,21-/m1/s1. The van der Waals surface area contributed by atoms with Gasteiger partial charge < -0.3 is 14.2 Å². The number of nitriles is 1. The van der Waals surface area contributed by atoms with Crippen molar-refractivity contribution in [1.82, 2.24) is 0 Å². The van der Waals surface area contributed by atoms with Gasteiger partial charge in [0.25, 0.3) is 5.79 Å². The first-order valence-electron chi connectivity index (χ1n) is 10.1. The molecule has 0 fully saturated rings. The van der Waals surface area contributed by atoms with E-state index in [-0.39, 0.29) is 24.7 Å². The minimum atomic E-state index is -4.20. The first kappa shape index (κ1) is 24.5. The Morgan fingerprint density at radius 3 is 1.90 bits per heavy atom. The normalized spacial score (nSPS) is 13.7. The number of esters is 1. The van der Waals surface area contributed by atoms with Crippen LogP contribution in [0.25, 0.3) is 0 Å². The van der Waals surface area contributed by atoms with Gasteiger partial charge in [-0.3, -0.25) is 0 Å². The first-order chi connectivity index (χ1) is 14.9. The van der Waals surface area contributed by atoms with Gasteiger partial charge in [-0.05, 0) is 38.5 Å². The fourth-order valence-electron chi connectivity index (χ4n) is 3.46. The van der Waals surface area contributed by atoms with E-state index in [1.807, 2.05) is 6.07 Å². The second-order valence-corrected chi connectivity index (χ2v) is 8.62. The molecule has 0 aliphatic rings. The Hall–Kier alpha value is -2.73. The Kier molecular flexibility index (Phi) is 8.75. The van der Waals surface area contributed by atoms with Crippen molar-refractivity contribution in [3.05, 3.63) is 66.2 Å². The van der Waals surface area contributed by atoms with Crippen LogP contribution in [-0.4, -0.2) is 45.2 Å². The number of nitrogens with zero attached hydrogens (tertiary/aromatic N) is 1. The number of ether oxygens (including phenoxy) is 3. The zero-order valence-corrected chi connectivity index (χ0v) is 18.7. The van der Waals surface area contributed by atoms with Crippen LogP contribution < -0.4 is 0 Å². The molecule has 7 nitrogen and oxygen atoms in total. The van der Waals surface area contributed by atoms with E-state index in [1.54, 1.807) is 69.3 Å². The number of carbonyl (C=O) groups is 1. The maximum atomic E-state index is 13.5. The molecule has 166 valence electrons. The predicted molar refractivity (Wildman–Crippen MR) is 115 cm³/mol. The molecule has 0 bridgehead atoms. The summed E-state index contributed by atoms with van der Waals surface area (Å²) in [7, 11) is -4.20. The van der Waals surface area contributed by atoms with Crippen molar-refractivity contribution in [2.24, 2.45) is 0 Å². The molecule has 0 saturated carbocycles. The summed E-state index contributed by atoms with van der Waals surface area (Å²) in [5.74, 6) is -4.30. The lowest BCUT2D eigenvalue weighted by atomic mass is 9.87. The minimum absolute atomic E-state index is 0.0326. The Labute approximate surface area is 183 Å². The Bertz CT molecular complexity index is 980. The number of benzene rings is 2. The van der Waals surface area contributed by atoms with Crippen molar-refractivity contribution < 1.29 is 27.4 Å². The Morgan fingerprint density at radius 1 is 0.935 bits per heavy atom. The highest BCUT2D eigenvalue weighted by atomic mass is 32.2. The molecule has 8 heteroatoms. The van der Waals surface area contributed by atoms with Gasteiger partial charge in [0.15, 0.2) is 15.1 Å². The number of rotatable bonds is 11. The fourth-order valence-corrected chi connectivity index (χ4v) is 5.12. The topological polar surface area (TPSA) is 103 Å². The van der Waals surface area contributed by atoms with E-state index >= 15 is 0 Å². The highest BCUT2D eigenvalue weighted by Crippen LogP contribution is 2.41. The first-order valence-corrected chi connectivity index (χ1v) is 11.6. The van der Waals surface area contributed by atoms with Crippen LogP contribution in [0, 0.1) is 11.3 Å². The number of carbonyl (C=O) groups excluding carboxylic acids is 1. The van der Waals surface area contributed by atoms with Crippen LogP contribution in [-0.2, 0) is 28.8 Å². The summed E-state index contributed by atoms with van der Waals surface area (Å²) >= 11 is 0. The molecule has 0 saturated heterocycles. The highest BCUT2D eigenvalue weighted by Gasteiger charge is 2.57. The molecule has 2 aromatic carbocycles. The van der Waals surface area contributed by atoms with Crippen molar-refractivity contribution in [2.75, 3.05) is 19.8 Å². The van der Waals surface area contributed by atoms with Gasteiger partial charge in [-0.2, -0.15) is 5.26 Å². The van der Waals surface area contributed by atoms with Gasteiger partial charge in [0, 0.05) is 13.2 Å². The molecule has 0 aromatic heterocycles. The maximum Gasteiger partial charge on any atom is 0.367 e. The molecule has 0 amide bonds. The summed E-state index contributed by atoms with van der Waals surface area (Å²) in [6.45, 7) is 5.03. The van der Waals surface area contributed by atoms with Crippen molar-refractivity contribution in [3.63, 3.8) is 0 Å². The SMILES string of the molecule is CCOC(=O)C(OCC)(OCC)[C@H](c1ccccc1)[C@@H](C#N)S(=O)(=O)c1ccccc1. The predicted octanol–water partition coefficient (Wildman–Crippen LogP) is 3.47. The van der Waals surface area contributed by atoms with Crippen LogP contribution in [0.1, 0.15) is 32.3 Å². The van der Waals surface area contributed by atoms with Crippen molar-refractivity contribution in [1.29, 1.82) is 5.26 Å². The van der Waals surface area contributed by atoms with E-state index in [2.05, 4.69) is 0 Å². The molecule has 31 heavy (non-hydrogen) atoms. The summed E-state index contributed by atoms with van der Waals surface area (Å²) in [4.78, 5) is 13.1. The summed E-state index contributed by atoms with van der Waals surface area (Å²) in [6.07, 6.45) is 0. The van der Waals surface area contributed by atoms with Crippen LogP contribution in [0.15, 0.2) is 65.6 Å². The third-order valence-electron chi connectivity index (χ3n) is 4.68. The maximum absolute atomic E-state index is 13.5. The molecule has 2 aromatic rings. The van der Waals surface area contributed by atoms with Crippen LogP contribution in [0.4, 0.5) is 0 Å². The van der Waals surface area contributed by atoms with Crippen molar-refractivity contribution in [3.8, 4) is 6.07 Å². The third kappa shape index (κ3) is 5.13. The lowest BCUT2D eigenvalue weighted by Gasteiger charge is -2.39. The lowest BCUT2D eigenvalue weighted by Crippen LogP contribution is -2.55. The van der Waals surface area contributed by atoms with E-state index in [1.165, 1.54) is 12.1 Å². The van der Waals surface area contributed by atoms with Gasteiger partial charge in [-0.1, -0.05) is 48.5 Å². The Morgan fingerprint density at radius 2 is 1.45 bits per heavy atom. The third-order valence-corrected chi connectivity index (χ3v) is 6.66. The molecule has 0 heterocycles. The monoisotopic (exact) mass is 445 g/mol. The molecule has 0 unspecified atom stereocenters. The van der Waals surface area contributed by atoms with E-state index in [9.17, 15) is 18.5 Å². The van der Waals surface area contributed by atoms with Crippen LogP contribution >= 0.6 is 0 Å². The van der Waals surface area contributed by atoms with Gasteiger partial charge in [0.1, 0.15) is 0 Å². The number of sulfone groups is 1. The van der Waals surface area contributed by atoms with E-state index < -0.39 is 32.8 Å². The molecular formula is C23H27NO6S. The smallest absolute Gasteiger partial charge is 0.367 e. The molecule has 2 atom stereocenters. The fraction of sp³-hybridized carbons (Fsp3) is 0.391. The second-order valence-electron chi connectivity index (χ2n) is 6.55. The minimum Gasteiger partial charge on any atom is -0.462 e. The summed E-state index contributed by atoms with van der Waals surface area (Å²) in [5.41, 5.74) is 0.406. The van der Waals surface area contributed by atoms with E-state index in [4.69, 9.17) is 14.2 Å². The quantitative estimate of drug-likeness (QED) is 0.385. The summed E-state index contributed by atoms with van der Waals surface area (Å²) in [6, 6.07) is 18.0. The van der Waals surface area contributed by atoms with Gasteiger partial charge in [0.05, 0.1) is 23.5 Å². The van der Waals surface area contributed by atoms with Crippen LogP contribution in [0.2, 0.25) is 0 Å². The van der Waals surface area contributed by atoms with Gasteiger partial charge in [0.2, 0.25) is 0 Å². The molecule has 0 N–H and O–H groups in total. The Balaban J connectivity index is 2.81. The number of hydrogen-bond acceptors (Lipinski definition) is 7. The highest BCUT2D eigenvalue weighted by molar-refractivity contribution is 7.92. The van der Waals surface area contributed by atoms with Crippen molar-refractivity contribution >= 4 is 15.8 Å². The average Bonchev–Trinajstić information content (AvgIpc) is 2.78. The average molecular weight is 446 g/mol. The van der Waals surface area contributed by atoms with Gasteiger partial charge >= 0.3 is 5.97 Å². The van der Waals surface area contributed by atoms with Crippen molar-refractivity contribution in [2.45, 2.75) is 42.6 Å². The molecular weight excluding hydrogens is 418 g/mol. The van der Waals surface area contributed by atoms with E-state index in [0.717, 1.165) is 0 Å². The summed E-state index contributed by atoms with van der Waals surface area (Å²) in [5, 5.41) is 8.39. The second kappa shape index (κ2) is 11.0. The molecule has 2 rings (SSSR count). The number of hydrogen-bond donors (Lipinski definition) is 0. The van der Waals surface area contributed by atoms with Gasteiger partial charge in [-0.15, -0.1) is 0 Å². The lowest BCUT2D eigenvalue weighted by molar-refractivity contribution is -0.254. The zero-order valence-electron chi connectivity index (χ0n) is 17.9. The molecule has 0 radical (unpaired) electrons. The molecule has 0 aliphatic heterocycles. The van der Waals surface area contributed by atoms with Gasteiger partial charge in [-0.25, -0.2) is 13.2 Å². The molecule has 0 aliphatic carbocycles. The summed E-state index contributed by atoms with van der Waals surface area (Å²) < 4.78 is 43.9. The van der Waals surface area contributed by atoms with E-state index in [0.29, 0.717) is 5.56 Å². The van der Waals surface area contributed by atoms with Crippen LogP contribution in [0.5, 0.6) is 0 Å². The largest absolute Gasteiger partial charge is 0.462 e. The zero-order chi connectivity index (χ0) is 22.9. The molecule has 0 spiro atoms. The van der Waals surface area contributed by atoms with Crippen LogP contribution in [0.3, 0.4) is 0 Å².